The van der Waals surface area contributed by atoms with Crippen LogP contribution < -0.4 is 5.73 Å². The number of carbonyl (C=O) groups is 1. The highest BCUT2D eigenvalue weighted by Crippen LogP contribution is 2.21. The fraction of sp³-hybridized carbons (Fsp3) is 0.917. The van der Waals surface area contributed by atoms with Crippen molar-refractivity contribution < 1.29 is 13.2 Å². The van der Waals surface area contributed by atoms with E-state index in [2.05, 4.69) is 0 Å². The van der Waals surface area contributed by atoms with Gasteiger partial charge in [-0.05, 0) is 25.3 Å². The van der Waals surface area contributed by atoms with Crippen LogP contribution in [0.15, 0.2) is 0 Å². The summed E-state index contributed by atoms with van der Waals surface area (Å²) in [7, 11) is -3.00. The zero-order chi connectivity index (χ0) is 13.8. The van der Waals surface area contributed by atoms with Crippen molar-refractivity contribution in [3.8, 4) is 0 Å². The molecule has 1 heterocycles. The highest BCUT2D eigenvalue weighted by molar-refractivity contribution is 7.91. The van der Waals surface area contributed by atoms with Crippen LogP contribution in [-0.4, -0.2) is 50.4 Å². The second kappa shape index (κ2) is 6.52. The summed E-state index contributed by atoms with van der Waals surface area (Å²) in [5.41, 5.74) is 5.47. The van der Waals surface area contributed by atoms with Crippen molar-refractivity contribution in [1.29, 1.82) is 0 Å². The lowest BCUT2D eigenvalue weighted by Gasteiger charge is -2.26. The van der Waals surface area contributed by atoms with Gasteiger partial charge >= 0.3 is 0 Å². The molecule has 0 spiro atoms. The number of hydrogen-bond donors (Lipinski definition) is 1. The van der Waals surface area contributed by atoms with E-state index in [9.17, 15) is 13.2 Å². The van der Waals surface area contributed by atoms with Gasteiger partial charge in [-0.25, -0.2) is 8.42 Å². The molecule has 0 aromatic rings. The van der Waals surface area contributed by atoms with E-state index in [1.807, 2.05) is 13.8 Å². The average molecular weight is 276 g/mol. The molecule has 6 heteroatoms. The van der Waals surface area contributed by atoms with Crippen molar-refractivity contribution in [3.63, 3.8) is 0 Å². The summed E-state index contributed by atoms with van der Waals surface area (Å²) in [6.45, 7) is 5.95. The van der Waals surface area contributed by atoms with Gasteiger partial charge in [0.25, 0.3) is 0 Å². The van der Waals surface area contributed by atoms with Crippen LogP contribution in [0.5, 0.6) is 0 Å². The molecular weight excluding hydrogens is 252 g/mol. The highest BCUT2D eigenvalue weighted by atomic mass is 32.2. The van der Waals surface area contributed by atoms with Crippen molar-refractivity contribution in [3.05, 3.63) is 0 Å². The lowest BCUT2D eigenvalue weighted by Crippen LogP contribution is -2.40. The molecule has 0 aromatic carbocycles. The number of rotatable bonds is 6. The monoisotopic (exact) mass is 276 g/mol. The molecule has 0 saturated carbocycles. The van der Waals surface area contributed by atoms with Crippen LogP contribution in [0.25, 0.3) is 0 Å². The SMILES string of the molecule is CC(C)CN(CCCN)C(=O)C1CCS(=O)(=O)C1. The molecule has 0 radical (unpaired) electrons. The van der Waals surface area contributed by atoms with Crippen LogP contribution in [0, 0.1) is 11.8 Å². The van der Waals surface area contributed by atoms with Crippen molar-refractivity contribution in [1.82, 2.24) is 4.90 Å². The maximum absolute atomic E-state index is 12.3. The first-order chi connectivity index (χ1) is 8.35. The molecule has 0 aliphatic carbocycles. The summed E-state index contributed by atoms with van der Waals surface area (Å²) in [5.74, 6) is 0.188. The molecule has 1 unspecified atom stereocenters. The Kier molecular flexibility index (Phi) is 5.59. The zero-order valence-electron chi connectivity index (χ0n) is 11.3. The number of carbonyl (C=O) groups excluding carboxylic acids is 1. The molecule has 1 aliphatic heterocycles. The molecule has 18 heavy (non-hydrogen) atoms. The van der Waals surface area contributed by atoms with Crippen molar-refractivity contribution >= 4 is 15.7 Å². The van der Waals surface area contributed by atoms with Crippen molar-refractivity contribution in [2.75, 3.05) is 31.1 Å². The Morgan fingerprint density at radius 1 is 1.44 bits per heavy atom. The van der Waals surface area contributed by atoms with Crippen LogP contribution in [0.3, 0.4) is 0 Å². The standard InChI is InChI=1S/C12H24N2O3S/c1-10(2)8-14(6-3-5-13)12(15)11-4-7-18(16,17)9-11/h10-11H,3-9,13H2,1-2H3. The van der Waals surface area contributed by atoms with Crippen LogP contribution in [-0.2, 0) is 14.6 Å². The Morgan fingerprint density at radius 2 is 2.11 bits per heavy atom. The average Bonchev–Trinajstić information content (AvgIpc) is 2.63. The minimum atomic E-state index is -3.00. The van der Waals surface area contributed by atoms with Gasteiger partial charge in [-0.3, -0.25) is 4.79 Å². The molecular formula is C12H24N2O3S. The quantitative estimate of drug-likeness (QED) is 0.754. The van der Waals surface area contributed by atoms with Crippen molar-refractivity contribution in [2.24, 2.45) is 17.6 Å². The maximum Gasteiger partial charge on any atom is 0.226 e. The molecule has 1 aliphatic rings. The minimum absolute atomic E-state index is 0.0155. The normalized spacial score (nSPS) is 22.3. The van der Waals surface area contributed by atoms with Crippen LogP contribution in [0.1, 0.15) is 26.7 Å². The van der Waals surface area contributed by atoms with Gasteiger partial charge in [-0.15, -0.1) is 0 Å². The third kappa shape index (κ3) is 4.57. The first-order valence-electron chi connectivity index (χ1n) is 6.55. The first-order valence-corrected chi connectivity index (χ1v) is 8.37. The smallest absolute Gasteiger partial charge is 0.226 e. The third-order valence-electron chi connectivity index (χ3n) is 3.11. The van der Waals surface area contributed by atoms with Crippen LogP contribution in [0.4, 0.5) is 0 Å². The largest absolute Gasteiger partial charge is 0.342 e. The zero-order valence-corrected chi connectivity index (χ0v) is 12.1. The van der Waals surface area contributed by atoms with Gasteiger partial charge in [0.2, 0.25) is 5.91 Å². The molecule has 0 aromatic heterocycles. The number of hydrogen-bond acceptors (Lipinski definition) is 4. The summed E-state index contributed by atoms with van der Waals surface area (Å²) in [6.07, 6.45) is 1.23. The van der Waals surface area contributed by atoms with Gasteiger partial charge in [0.05, 0.1) is 17.4 Å². The fourth-order valence-corrected chi connectivity index (χ4v) is 3.99. The Bertz CT molecular complexity index is 379. The highest BCUT2D eigenvalue weighted by Gasteiger charge is 2.35. The Hall–Kier alpha value is -0.620. The van der Waals surface area contributed by atoms with Gasteiger partial charge < -0.3 is 10.6 Å². The lowest BCUT2D eigenvalue weighted by molar-refractivity contribution is -0.135. The van der Waals surface area contributed by atoms with Crippen molar-refractivity contribution in [2.45, 2.75) is 26.7 Å². The predicted octanol–water partition coefficient (Wildman–Crippen LogP) is 0.255. The lowest BCUT2D eigenvalue weighted by atomic mass is 10.1. The summed E-state index contributed by atoms with van der Waals surface area (Å²) in [4.78, 5) is 14.1. The number of nitrogens with zero attached hydrogens (tertiary/aromatic N) is 1. The summed E-state index contributed by atoms with van der Waals surface area (Å²) < 4.78 is 22.8. The van der Waals surface area contributed by atoms with Crippen LogP contribution >= 0.6 is 0 Å². The van der Waals surface area contributed by atoms with E-state index in [0.717, 1.165) is 6.42 Å². The van der Waals surface area contributed by atoms with E-state index >= 15 is 0 Å². The molecule has 0 bridgehead atoms. The van der Waals surface area contributed by atoms with Gasteiger partial charge in [0.15, 0.2) is 9.84 Å². The van der Waals surface area contributed by atoms with Gasteiger partial charge in [-0.1, -0.05) is 13.8 Å². The van der Waals surface area contributed by atoms with E-state index < -0.39 is 9.84 Å². The van der Waals surface area contributed by atoms with E-state index in [1.54, 1.807) is 4.90 Å². The topological polar surface area (TPSA) is 80.5 Å². The molecule has 2 N–H and O–H groups in total. The van der Waals surface area contributed by atoms with Gasteiger partial charge in [0, 0.05) is 13.1 Å². The fourth-order valence-electron chi connectivity index (χ4n) is 2.26. The molecule has 1 fully saturated rings. The van der Waals surface area contributed by atoms with E-state index in [1.165, 1.54) is 0 Å². The number of amides is 1. The number of nitrogens with two attached hydrogens (primary N) is 1. The van der Waals surface area contributed by atoms with Gasteiger partial charge in [-0.2, -0.15) is 0 Å². The van der Waals surface area contributed by atoms with Gasteiger partial charge in [0.1, 0.15) is 0 Å². The first kappa shape index (κ1) is 15.4. The Balaban J connectivity index is 2.64. The summed E-state index contributed by atoms with van der Waals surface area (Å²) >= 11 is 0. The Labute approximate surface area is 110 Å². The molecule has 1 amide bonds. The summed E-state index contributed by atoms with van der Waals surface area (Å²) in [5, 5.41) is 0. The van der Waals surface area contributed by atoms with Crippen LogP contribution in [0.2, 0.25) is 0 Å². The molecule has 1 rings (SSSR count). The molecule has 5 nitrogen and oxygen atoms in total. The second-order valence-corrected chi connectivity index (χ2v) is 7.65. The maximum atomic E-state index is 12.3. The van der Waals surface area contributed by atoms with E-state index in [4.69, 9.17) is 5.73 Å². The molecule has 1 atom stereocenters. The number of sulfone groups is 1. The predicted molar refractivity (Wildman–Crippen MR) is 71.9 cm³/mol. The third-order valence-corrected chi connectivity index (χ3v) is 4.88. The molecule has 1 saturated heterocycles. The second-order valence-electron chi connectivity index (χ2n) is 5.42. The van der Waals surface area contributed by atoms with E-state index in [-0.39, 0.29) is 23.3 Å². The minimum Gasteiger partial charge on any atom is -0.342 e. The summed E-state index contributed by atoms with van der Waals surface area (Å²) in [6, 6.07) is 0. The molecule has 106 valence electrons. The Morgan fingerprint density at radius 3 is 2.56 bits per heavy atom. The van der Waals surface area contributed by atoms with E-state index in [0.29, 0.717) is 32.0 Å².